The van der Waals surface area contributed by atoms with Gasteiger partial charge in [0, 0.05) is 24.2 Å². The van der Waals surface area contributed by atoms with Crippen molar-refractivity contribution in [1.29, 1.82) is 0 Å². The van der Waals surface area contributed by atoms with Gasteiger partial charge in [-0.05, 0) is 60.0 Å². The normalized spacial score (nSPS) is 16.9. The Hall–Kier alpha value is -2.18. The zero-order chi connectivity index (χ0) is 17.2. The van der Waals surface area contributed by atoms with Crippen LogP contribution >= 0.6 is 11.3 Å². The summed E-state index contributed by atoms with van der Waals surface area (Å²) in [6, 6.07) is 8.83. The lowest BCUT2D eigenvalue weighted by molar-refractivity contribution is -0.117. The van der Waals surface area contributed by atoms with Crippen molar-refractivity contribution in [3.8, 4) is 0 Å². The third kappa shape index (κ3) is 3.49. The summed E-state index contributed by atoms with van der Waals surface area (Å²) in [5.41, 5.74) is 1.01. The molecule has 1 aliphatic rings. The minimum Gasteiger partial charge on any atom is -0.384 e. The van der Waals surface area contributed by atoms with E-state index >= 15 is 0 Å². The number of nitrogens with zero attached hydrogens (tertiary/aromatic N) is 1. The van der Waals surface area contributed by atoms with Crippen LogP contribution in [-0.2, 0) is 10.4 Å². The van der Waals surface area contributed by atoms with Crippen LogP contribution in [0.15, 0.2) is 41.1 Å². The lowest BCUT2D eigenvalue weighted by Crippen LogP contribution is -2.38. The highest BCUT2D eigenvalue weighted by Gasteiger charge is 2.25. The summed E-state index contributed by atoms with van der Waals surface area (Å²) in [7, 11) is 0. The molecule has 1 aromatic carbocycles. The summed E-state index contributed by atoms with van der Waals surface area (Å²) in [4.78, 5) is 25.7. The molecule has 1 saturated heterocycles. The van der Waals surface area contributed by atoms with Crippen LogP contribution in [0, 0.1) is 0 Å². The van der Waals surface area contributed by atoms with Crippen LogP contribution in [0.5, 0.6) is 0 Å². The predicted octanol–water partition coefficient (Wildman–Crippen LogP) is 2.51. The Morgan fingerprint density at radius 3 is 2.67 bits per heavy atom. The van der Waals surface area contributed by atoms with Gasteiger partial charge in [-0.25, -0.2) is 0 Å². The van der Waals surface area contributed by atoms with Crippen LogP contribution in [0.2, 0.25) is 0 Å². The van der Waals surface area contributed by atoms with E-state index in [9.17, 15) is 14.7 Å². The first kappa shape index (κ1) is 16.7. The molecule has 3 rings (SSSR count). The molecule has 24 heavy (non-hydrogen) atoms. The van der Waals surface area contributed by atoms with Gasteiger partial charge in [0.1, 0.15) is 5.60 Å². The van der Waals surface area contributed by atoms with Crippen molar-refractivity contribution >= 4 is 28.8 Å². The zero-order valence-corrected chi connectivity index (χ0v) is 14.3. The quantitative estimate of drug-likeness (QED) is 0.876. The molecular formula is C18H20N2O3S. The Balaban J connectivity index is 1.62. The monoisotopic (exact) mass is 344 g/mol. The second kappa shape index (κ2) is 6.75. The fourth-order valence-electron chi connectivity index (χ4n) is 2.74. The number of amides is 2. The molecule has 1 fully saturated rings. The number of nitrogens with one attached hydrogen (secondary N) is 1. The standard InChI is InChI=1S/C18H20N2O3S/c1-18(23,14-8-10-24-11-14)12-19-17(22)13-4-6-15(7-5-13)20-9-2-3-16(20)21/h4-8,10-11,23H,2-3,9,12H2,1H3,(H,19,22). The molecule has 2 heterocycles. The van der Waals surface area contributed by atoms with Gasteiger partial charge >= 0.3 is 0 Å². The van der Waals surface area contributed by atoms with Gasteiger partial charge in [0.25, 0.3) is 5.91 Å². The number of hydrogen-bond acceptors (Lipinski definition) is 4. The largest absolute Gasteiger partial charge is 0.384 e. The van der Waals surface area contributed by atoms with Crippen molar-refractivity contribution in [3.63, 3.8) is 0 Å². The van der Waals surface area contributed by atoms with E-state index in [1.54, 1.807) is 36.1 Å². The molecule has 0 bridgehead atoms. The summed E-state index contributed by atoms with van der Waals surface area (Å²) >= 11 is 1.51. The number of hydrogen-bond donors (Lipinski definition) is 2. The van der Waals surface area contributed by atoms with E-state index in [2.05, 4.69) is 5.32 Å². The average molecular weight is 344 g/mol. The van der Waals surface area contributed by atoms with Crippen molar-refractivity contribution in [2.45, 2.75) is 25.4 Å². The minimum atomic E-state index is -1.10. The Labute approximate surface area is 144 Å². The smallest absolute Gasteiger partial charge is 0.251 e. The topological polar surface area (TPSA) is 69.6 Å². The van der Waals surface area contributed by atoms with Crippen molar-refractivity contribution in [3.05, 3.63) is 52.2 Å². The Bertz CT molecular complexity index is 723. The van der Waals surface area contributed by atoms with Crippen LogP contribution < -0.4 is 10.2 Å². The van der Waals surface area contributed by atoms with Gasteiger partial charge in [-0.1, -0.05) is 0 Å². The van der Waals surface area contributed by atoms with Crippen molar-refractivity contribution in [2.75, 3.05) is 18.0 Å². The van der Waals surface area contributed by atoms with Crippen LogP contribution in [0.4, 0.5) is 5.69 Å². The van der Waals surface area contributed by atoms with Gasteiger partial charge in [0.2, 0.25) is 5.91 Å². The molecular weight excluding hydrogens is 324 g/mol. The molecule has 6 heteroatoms. The summed E-state index contributed by atoms with van der Waals surface area (Å²) in [5, 5.41) is 17.0. The Morgan fingerprint density at radius 2 is 2.08 bits per heavy atom. The number of carbonyl (C=O) groups is 2. The number of aliphatic hydroxyl groups is 1. The summed E-state index contributed by atoms with van der Waals surface area (Å²) in [6.45, 7) is 2.54. The summed E-state index contributed by atoms with van der Waals surface area (Å²) < 4.78 is 0. The molecule has 1 atom stereocenters. The Morgan fingerprint density at radius 1 is 1.33 bits per heavy atom. The number of carbonyl (C=O) groups excluding carboxylic acids is 2. The molecule has 2 aromatic rings. The number of thiophene rings is 1. The van der Waals surface area contributed by atoms with E-state index in [1.807, 2.05) is 16.8 Å². The van der Waals surface area contributed by atoms with E-state index in [-0.39, 0.29) is 18.4 Å². The lowest BCUT2D eigenvalue weighted by atomic mass is 9.99. The molecule has 1 aliphatic heterocycles. The van der Waals surface area contributed by atoms with E-state index in [4.69, 9.17) is 0 Å². The molecule has 0 spiro atoms. The minimum absolute atomic E-state index is 0.124. The van der Waals surface area contributed by atoms with Gasteiger partial charge in [-0.2, -0.15) is 11.3 Å². The fraction of sp³-hybridized carbons (Fsp3) is 0.333. The highest BCUT2D eigenvalue weighted by atomic mass is 32.1. The van der Waals surface area contributed by atoms with Crippen molar-refractivity contribution < 1.29 is 14.7 Å². The van der Waals surface area contributed by atoms with Crippen LogP contribution in [0.3, 0.4) is 0 Å². The van der Waals surface area contributed by atoms with Crippen molar-refractivity contribution in [1.82, 2.24) is 5.32 Å². The first-order valence-corrected chi connectivity index (χ1v) is 8.85. The maximum Gasteiger partial charge on any atom is 0.251 e. The molecule has 5 nitrogen and oxygen atoms in total. The fourth-order valence-corrected chi connectivity index (χ4v) is 3.52. The highest BCUT2D eigenvalue weighted by molar-refractivity contribution is 7.08. The molecule has 0 saturated carbocycles. The SMILES string of the molecule is CC(O)(CNC(=O)c1ccc(N2CCCC2=O)cc1)c1ccsc1. The Kier molecular flexibility index (Phi) is 4.69. The summed E-state index contributed by atoms with van der Waals surface area (Å²) in [5.74, 6) is -0.121. The second-order valence-corrected chi connectivity index (χ2v) is 6.94. The maximum atomic E-state index is 12.3. The molecule has 2 N–H and O–H groups in total. The van der Waals surface area contributed by atoms with Gasteiger partial charge in [-0.3, -0.25) is 9.59 Å². The van der Waals surface area contributed by atoms with Gasteiger partial charge in [-0.15, -0.1) is 0 Å². The maximum absolute atomic E-state index is 12.3. The third-order valence-electron chi connectivity index (χ3n) is 4.25. The highest BCUT2D eigenvalue weighted by Crippen LogP contribution is 2.23. The third-order valence-corrected chi connectivity index (χ3v) is 4.93. The van der Waals surface area contributed by atoms with E-state index in [0.29, 0.717) is 12.0 Å². The van der Waals surface area contributed by atoms with Gasteiger partial charge in [0.05, 0.1) is 6.54 Å². The molecule has 0 aliphatic carbocycles. The van der Waals surface area contributed by atoms with Crippen LogP contribution in [-0.4, -0.2) is 30.0 Å². The first-order chi connectivity index (χ1) is 11.5. The molecule has 1 aromatic heterocycles. The first-order valence-electron chi connectivity index (χ1n) is 7.91. The van der Waals surface area contributed by atoms with E-state index in [0.717, 1.165) is 24.2 Å². The number of anilines is 1. The number of rotatable bonds is 5. The second-order valence-electron chi connectivity index (χ2n) is 6.16. The molecule has 126 valence electrons. The van der Waals surface area contributed by atoms with Gasteiger partial charge in [0.15, 0.2) is 0 Å². The predicted molar refractivity (Wildman–Crippen MR) is 94.3 cm³/mol. The zero-order valence-electron chi connectivity index (χ0n) is 13.5. The van der Waals surface area contributed by atoms with Crippen LogP contribution in [0.25, 0.3) is 0 Å². The molecule has 1 unspecified atom stereocenters. The van der Waals surface area contributed by atoms with E-state index < -0.39 is 5.60 Å². The summed E-state index contributed by atoms with van der Waals surface area (Å²) in [6.07, 6.45) is 1.46. The molecule has 2 amide bonds. The van der Waals surface area contributed by atoms with Crippen LogP contribution in [0.1, 0.15) is 35.7 Å². The lowest BCUT2D eigenvalue weighted by Gasteiger charge is -2.23. The molecule has 0 radical (unpaired) electrons. The average Bonchev–Trinajstić information content (AvgIpc) is 3.25. The van der Waals surface area contributed by atoms with Crippen molar-refractivity contribution in [2.24, 2.45) is 0 Å². The van der Waals surface area contributed by atoms with Gasteiger partial charge < -0.3 is 15.3 Å². The number of benzene rings is 1. The van der Waals surface area contributed by atoms with E-state index in [1.165, 1.54) is 11.3 Å².